The lowest BCUT2D eigenvalue weighted by Gasteiger charge is -2.18. The lowest BCUT2D eigenvalue weighted by atomic mass is 9.96. The number of nitrogens with one attached hydrogen (secondary N) is 1. The fourth-order valence-electron chi connectivity index (χ4n) is 3.94. The molecule has 3 aromatic rings. The lowest BCUT2D eigenvalue weighted by Crippen LogP contribution is -2.41. The van der Waals surface area contributed by atoms with E-state index in [1.165, 1.54) is 6.07 Å². The van der Waals surface area contributed by atoms with Gasteiger partial charge in [0.05, 0.1) is 22.9 Å². The molecular formula is C28H34ClN3O4. The van der Waals surface area contributed by atoms with Gasteiger partial charge in [-0.25, -0.2) is 4.98 Å². The van der Waals surface area contributed by atoms with Gasteiger partial charge < -0.3 is 19.7 Å². The number of ether oxygens (including phenoxy) is 1. The minimum absolute atomic E-state index is 0.0571. The highest BCUT2D eigenvalue weighted by Gasteiger charge is 2.24. The lowest BCUT2D eigenvalue weighted by molar-refractivity contribution is 0.0840. The minimum Gasteiger partial charge on any atom is -0.489 e. The van der Waals surface area contributed by atoms with Gasteiger partial charge in [-0.3, -0.25) is 9.59 Å². The van der Waals surface area contributed by atoms with E-state index in [4.69, 9.17) is 21.3 Å². The van der Waals surface area contributed by atoms with Crippen LogP contribution in [0.5, 0.6) is 5.75 Å². The maximum atomic E-state index is 13.2. The third-order valence-corrected chi connectivity index (χ3v) is 5.90. The number of aryl methyl sites for hydroxylation is 1. The number of carbonyl (C=O) groups is 2. The summed E-state index contributed by atoms with van der Waals surface area (Å²) in [5.74, 6) is 0.701. The van der Waals surface area contributed by atoms with Crippen LogP contribution in [0.15, 0.2) is 48.7 Å². The smallest absolute Gasteiger partial charge is 0.251 e. The Kier molecular flexibility index (Phi) is 8.59. The molecule has 1 unspecified atom stereocenters. The van der Waals surface area contributed by atoms with Crippen LogP contribution >= 0.6 is 11.6 Å². The quantitative estimate of drug-likeness (QED) is 0.386. The van der Waals surface area contributed by atoms with Crippen molar-refractivity contribution in [3.8, 4) is 17.0 Å². The molecule has 8 heteroatoms. The molecule has 0 aliphatic carbocycles. The van der Waals surface area contributed by atoms with E-state index in [-0.39, 0.29) is 30.3 Å². The summed E-state index contributed by atoms with van der Waals surface area (Å²) >= 11 is 6.26. The summed E-state index contributed by atoms with van der Waals surface area (Å²) in [4.78, 5) is 30.8. The van der Waals surface area contributed by atoms with Crippen LogP contribution in [0.4, 0.5) is 0 Å². The Morgan fingerprint density at radius 2 is 1.75 bits per heavy atom. The topological polar surface area (TPSA) is 93.5 Å². The van der Waals surface area contributed by atoms with Gasteiger partial charge in [-0.05, 0) is 38.5 Å². The molecular weight excluding hydrogens is 478 g/mol. The second-order valence-corrected chi connectivity index (χ2v) is 10.5. The molecule has 0 bridgehead atoms. The van der Waals surface area contributed by atoms with Gasteiger partial charge in [0.15, 0.2) is 5.78 Å². The van der Waals surface area contributed by atoms with E-state index in [2.05, 4.69) is 26.1 Å². The number of amides is 1. The number of aliphatic hydroxyl groups excluding tert-OH is 1. The number of imidazole rings is 1. The maximum Gasteiger partial charge on any atom is 0.251 e. The van der Waals surface area contributed by atoms with Crippen LogP contribution in [0.2, 0.25) is 5.02 Å². The average Bonchev–Trinajstić information content (AvgIpc) is 3.21. The van der Waals surface area contributed by atoms with E-state index in [1.54, 1.807) is 24.3 Å². The summed E-state index contributed by atoms with van der Waals surface area (Å²) in [7, 11) is 1.97. The number of rotatable bonds is 9. The predicted molar refractivity (Wildman–Crippen MR) is 142 cm³/mol. The van der Waals surface area contributed by atoms with Crippen molar-refractivity contribution in [3.05, 3.63) is 70.6 Å². The van der Waals surface area contributed by atoms with E-state index < -0.39 is 11.9 Å². The Bertz CT molecular complexity index is 1230. The van der Waals surface area contributed by atoms with Crippen LogP contribution in [0.25, 0.3) is 11.3 Å². The first-order valence-electron chi connectivity index (χ1n) is 12.0. The van der Waals surface area contributed by atoms with E-state index in [0.29, 0.717) is 21.9 Å². The Balaban J connectivity index is 1.76. The van der Waals surface area contributed by atoms with Gasteiger partial charge in [0, 0.05) is 42.0 Å². The molecule has 192 valence electrons. The molecule has 1 atom stereocenters. The fraction of sp³-hybridized carbons (Fsp3) is 0.393. The molecule has 0 radical (unpaired) electrons. The van der Waals surface area contributed by atoms with Gasteiger partial charge >= 0.3 is 0 Å². The highest BCUT2D eigenvalue weighted by molar-refractivity contribution is 6.32. The van der Waals surface area contributed by atoms with Crippen LogP contribution in [0.3, 0.4) is 0 Å². The molecule has 0 aliphatic rings. The molecule has 1 aromatic heterocycles. The molecule has 3 rings (SSSR count). The zero-order valence-electron chi connectivity index (χ0n) is 21.6. The summed E-state index contributed by atoms with van der Waals surface area (Å²) < 4.78 is 7.61. The number of Topliss-reactive ketones (excluding diaryl/α,β-unsaturated/α-hetero) is 1. The molecule has 7 nitrogen and oxygen atoms in total. The van der Waals surface area contributed by atoms with E-state index in [9.17, 15) is 14.7 Å². The molecule has 1 heterocycles. The Labute approximate surface area is 217 Å². The minimum atomic E-state index is -0.888. The summed E-state index contributed by atoms with van der Waals surface area (Å²) in [5.41, 5.74) is 2.35. The average molecular weight is 512 g/mol. The highest BCUT2D eigenvalue weighted by atomic mass is 35.5. The molecule has 0 saturated carbocycles. The summed E-state index contributed by atoms with van der Waals surface area (Å²) in [6.07, 6.45) is 2.00. The number of benzene rings is 2. The van der Waals surface area contributed by atoms with Crippen molar-refractivity contribution in [3.63, 3.8) is 0 Å². The molecule has 2 aromatic carbocycles. The van der Waals surface area contributed by atoms with E-state index in [0.717, 1.165) is 17.1 Å². The number of nitrogens with zero attached hydrogens (tertiary/aromatic N) is 2. The van der Waals surface area contributed by atoms with Gasteiger partial charge in [0.2, 0.25) is 0 Å². The van der Waals surface area contributed by atoms with E-state index >= 15 is 0 Å². The zero-order valence-corrected chi connectivity index (χ0v) is 22.4. The fourth-order valence-corrected chi connectivity index (χ4v) is 4.16. The van der Waals surface area contributed by atoms with Crippen LogP contribution in [-0.4, -0.2) is 45.1 Å². The molecule has 2 N–H and O–H groups in total. The number of hydrogen-bond donors (Lipinski definition) is 2. The Hall–Kier alpha value is -3.16. The van der Waals surface area contributed by atoms with Crippen LogP contribution in [0, 0.1) is 0 Å². The molecule has 0 saturated heterocycles. The van der Waals surface area contributed by atoms with Crippen LogP contribution in [0.1, 0.15) is 67.6 Å². The second kappa shape index (κ2) is 11.3. The van der Waals surface area contributed by atoms with Gasteiger partial charge in [0.1, 0.15) is 11.6 Å². The van der Waals surface area contributed by atoms with E-state index in [1.807, 2.05) is 43.8 Å². The predicted octanol–water partition coefficient (Wildman–Crippen LogP) is 5.19. The van der Waals surface area contributed by atoms with Gasteiger partial charge in [-0.2, -0.15) is 0 Å². The highest BCUT2D eigenvalue weighted by Crippen LogP contribution is 2.27. The number of ketones is 1. The third kappa shape index (κ3) is 6.53. The van der Waals surface area contributed by atoms with Crippen molar-refractivity contribution in [1.82, 2.24) is 14.9 Å². The molecule has 0 aliphatic heterocycles. The Morgan fingerprint density at radius 3 is 2.28 bits per heavy atom. The molecule has 1 amide bonds. The zero-order chi connectivity index (χ0) is 26.6. The number of aromatic nitrogens is 2. The van der Waals surface area contributed by atoms with Gasteiger partial charge in [-0.1, -0.05) is 56.6 Å². The largest absolute Gasteiger partial charge is 0.489 e. The molecule has 36 heavy (non-hydrogen) atoms. The van der Waals surface area contributed by atoms with Gasteiger partial charge in [-0.15, -0.1) is 0 Å². The normalized spacial score (nSPS) is 12.5. The number of hydrogen-bond acceptors (Lipinski definition) is 5. The van der Waals surface area contributed by atoms with Gasteiger partial charge in [0.25, 0.3) is 5.91 Å². The third-order valence-electron chi connectivity index (χ3n) is 5.61. The Morgan fingerprint density at radius 1 is 1.11 bits per heavy atom. The second-order valence-electron chi connectivity index (χ2n) is 10.1. The monoisotopic (exact) mass is 511 g/mol. The number of carbonyl (C=O) groups excluding carboxylic acids is 2. The van der Waals surface area contributed by atoms with Crippen molar-refractivity contribution < 1.29 is 19.4 Å². The van der Waals surface area contributed by atoms with Crippen LogP contribution in [-0.2, 0) is 12.5 Å². The number of aliphatic hydroxyl groups is 1. The van der Waals surface area contributed by atoms with Crippen molar-refractivity contribution in [2.45, 2.75) is 58.6 Å². The summed E-state index contributed by atoms with van der Waals surface area (Å²) in [6.45, 7) is 9.84. The van der Waals surface area contributed by atoms with Crippen molar-refractivity contribution in [2.24, 2.45) is 7.05 Å². The summed E-state index contributed by atoms with van der Waals surface area (Å²) in [5, 5.41) is 12.6. The first-order chi connectivity index (χ1) is 16.9. The maximum absolute atomic E-state index is 13.2. The van der Waals surface area contributed by atoms with Crippen LogP contribution < -0.4 is 10.1 Å². The number of halogens is 1. The SMILES string of the molecule is CC(C)Oc1ccc(C(=O)NC(CCO)C(=O)c2ccc(-c3cn(C)c(C(C)(C)C)n3)cc2)cc1Cl. The first kappa shape index (κ1) is 27.4. The molecule has 0 fully saturated rings. The summed E-state index contributed by atoms with van der Waals surface area (Å²) in [6, 6.07) is 10.9. The standard InChI is InChI=1S/C28H34ClN3O4/c1-17(2)36-24-12-11-20(15-21(24)29)26(35)30-22(13-14-33)25(34)19-9-7-18(8-10-19)23-16-32(6)27(31-23)28(3,4)5/h7-12,15-17,22,33H,13-14H2,1-6H3,(H,30,35). The van der Waals surface area contributed by atoms with Crippen molar-refractivity contribution in [2.75, 3.05) is 6.61 Å². The molecule has 0 spiro atoms. The first-order valence-corrected chi connectivity index (χ1v) is 12.3. The van der Waals surface area contributed by atoms with Crippen molar-refractivity contribution >= 4 is 23.3 Å². The van der Waals surface area contributed by atoms with Crippen molar-refractivity contribution in [1.29, 1.82) is 0 Å².